The van der Waals surface area contributed by atoms with Crippen molar-refractivity contribution in [1.82, 2.24) is 10.2 Å². The quantitative estimate of drug-likeness (QED) is 0.631. The molecule has 1 fully saturated rings. The van der Waals surface area contributed by atoms with Crippen molar-refractivity contribution in [1.29, 1.82) is 0 Å². The van der Waals surface area contributed by atoms with Gasteiger partial charge in [-0.05, 0) is 33.1 Å². The van der Waals surface area contributed by atoms with Crippen LogP contribution in [0.2, 0.25) is 0 Å². The summed E-state index contributed by atoms with van der Waals surface area (Å²) in [7, 11) is -3.00. The fraction of sp³-hybridized carbons (Fsp3) is 0.929. The van der Waals surface area contributed by atoms with Crippen molar-refractivity contribution in [3.63, 3.8) is 0 Å². The molecule has 118 valence electrons. The van der Waals surface area contributed by atoms with E-state index in [9.17, 15) is 8.42 Å². The summed E-state index contributed by atoms with van der Waals surface area (Å²) in [5, 5.41) is 3.27. The second kappa shape index (κ2) is 6.78. The minimum Gasteiger partial charge on any atom is -0.357 e. The van der Waals surface area contributed by atoms with E-state index in [0.717, 1.165) is 25.5 Å². The highest BCUT2D eigenvalue weighted by Crippen LogP contribution is 2.23. The van der Waals surface area contributed by atoms with E-state index in [1.807, 2.05) is 6.92 Å². The lowest BCUT2D eigenvalue weighted by molar-refractivity contribution is 0.353. The topological polar surface area (TPSA) is 61.8 Å². The highest BCUT2D eigenvalue weighted by molar-refractivity contribution is 7.92. The molecule has 1 N–H and O–H groups in total. The Morgan fingerprint density at radius 3 is 2.55 bits per heavy atom. The third-order valence-corrected chi connectivity index (χ3v) is 6.18. The first-order valence-corrected chi connectivity index (χ1v) is 9.10. The van der Waals surface area contributed by atoms with E-state index in [4.69, 9.17) is 0 Å². The van der Waals surface area contributed by atoms with Crippen LogP contribution in [0.25, 0.3) is 0 Å². The predicted octanol–water partition coefficient (Wildman–Crippen LogP) is 1.51. The van der Waals surface area contributed by atoms with Gasteiger partial charge in [0.05, 0.1) is 10.5 Å². The first kappa shape index (κ1) is 17.3. The Bertz CT molecular complexity index is 441. The molecule has 1 saturated heterocycles. The van der Waals surface area contributed by atoms with Crippen molar-refractivity contribution in [3.05, 3.63) is 0 Å². The average Bonchev–Trinajstić information content (AvgIpc) is 2.31. The highest BCUT2D eigenvalue weighted by atomic mass is 32.2. The molecule has 5 nitrogen and oxygen atoms in total. The molecule has 0 atom stereocenters. The molecule has 1 heterocycles. The van der Waals surface area contributed by atoms with Crippen LogP contribution >= 0.6 is 0 Å². The van der Waals surface area contributed by atoms with Gasteiger partial charge in [0, 0.05) is 26.2 Å². The number of sulfone groups is 1. The van der Waals surface area contributed by atoms with Crippen molar-refractivity contribution >= 4 is 15.8 Å². The fourth-order valence-electron chi connectivity index (χ4n) is 2.18. The number of nitrogens with one attached hydrogen (secondary N) is 1. The van der Waals surface area contributed by atoms with Crippen molar-refractivity contribution < 1.29 is 8.42 Å². The molecule has 6 heteroatoms. The molecule has 0 aliphatic carbocycles. The first-order chi connectivity index (χ1) is 9.19. The fourth-order valence-corrected chi connectivity index (χ4v) is 3.54. The van der Waals surface area contributed by atoms with Gasteiger partial charge in [0.15, 0.2) is 15.8 Å². The smallest absolute Gasteiger partial charge is 0.193 e. The second-order valence-electron chi connectivity index (χ2n) is 6.42. The van der Waals surface area contributed by atoms with Crippen LogP contribution in [-0.2, 0) is 9.84 Å². The summed E-state index contributed by atoms with van der Waals surface area (Å²) in [6, 6.07) is 0. The van der Waals surface area contributed by atoms with Crippen LogP contribution in [0.1, 0.15) is 41.0 Å². The summed E-state index contributed by atoms with van der Waals surface area (Å²) in [5.74, 6) is 1.67. The van der Waals surface area contributed by atoms with Crippen LogP contribution in [0.4, 0.5) is 0 Å². The number of hydrogen-bond acceptors (Lipinski definition) is 3. The summed E-state index contributed by atoms with van der Waals surface area (Å²) in [4.78, 5) is 6.70. The largest absolute Gasteiger partial charge is 0.357 e. The Kier molecular flexibility index (Phi) is 5.86. The molecular weight excluding hydrogens is 274 g/mol. The average molecular weight is 303 g/mol. The number of rotatable bonds is 4. The zero-order chi connectivity index (χ0) is 15.4. The normalized spacial score (nSPS) is 22.1. The van der Waals surface area contributed by atoms with Gasteiger partial charge in [0.1, 0.15) is 0 Å². The number of aliphatic imine (C=N–C) groups is 1. The summed E-state index contributed by atoms with van der Waals surface area (Å²) in [6.45, 7) is 12.6. The van der Waals surface area contributed by atoms with Gasteiger partial charge in [-0.15, -0.1) is 0 Å². The van der Waals surface area contributed by atoms with E-state index < -0.39 is 14.6 Å². The lowest BCUT2D eigenvalue weighted by atomic mass is 10.1. The van der Waals surface area contributed by atoms with E-state index in [1.165, 1.54) is 0 Å². The van der Waals surface area contributed by atoms with E-state index in [0.29, 0.717) is 19.0 Å². The monoisotopic (exact) mass is 303 g/mol. The van der Waals surface area contributed by atoms with Crippen LogP contribution < -0.4 is 5.32 Å². The molecule has 20 heavy (non-hydrogen) atoms. The van der Waals surface area contributed by atoms with E-state index in [-0.39, 0.29) is 5.75 Å². The van der Waals surface area contributed by atoms with Gasteiger partial charge < -0.3 is 10.2 Å². The maximum Gasteiger partial charge on any atom is 0.193 e. The van der Waals surface area contributed by atoms with Crippen molar-refractivity contribution in [2.45, 2.75) is 45.8 Å². The zero-order valence-corrected chi connectivity index (χ0v) is 14.3. The Labute approximate surface area is 123 Å². The standard InChI is InChI=1S/C14H29N3O2S/c1-6-15-13(16-8-7-12(2)3)17-9-10-20(18,19)14(4,5)11-17/h12H,6-11H2,1-5H3,(H,15,16). The van der Waals surface area contributed by atoms with Crippen molar-refractivity contribution in [2.75, 3.05) is 31.9 Å². The summed E-state index contributed by atoms with van der Waals surface area (Å²) < 4.78 is 23.4. The molecule has 0 aromatic rings. The summed E-state index contributed by atoms with van der Waals surface area (Å²) in [6.07, 6.45) is 1.05. The molecule has 1 aliphatic rings. The van der Waals surface area contributed by atoms with Gasteiger partial charge >= 0.3 is 0 Å². The molecular formula is C14H29N3O2S. The Morgan fingerprint density at radius 1 is 1.40 bits per heavy atom. The van der Waals surface area contributed by atoms with E-state index in [2.05, 4.69) is 29.1 Å². The number of nitrogens with zero attached hydrogens (tertiary/aromatic N) is 2. The first-order valence-electron chi connectivity index (χ1n) is 7.45. The van der Waals surface area contributed by atoms with Gasteiger partial charge in [-0.1, -0.05) is 13.8 Å². The molecule has 0 radical (unpaired) electrons. The van der Waals surface area contributed by atoms with Gasteiger partial charge in [-0.3, -0.25) is 4.99 Å². The van der Waals surface area contributed by atoms with Crippen molar-refractivity contribution in [2.24, 2.45) is 10.9 Å². The Morgan fingerprint density at radius 2 is 2.05 bits per heavy atom. The van der Waals surface area contributed by atoms with Crippen LogP contribution in [0.5, 0.6) is 0 Å². The second-order valence-corrected chi connectivity index (χ2v) is 9.16. The minimum absolute atomic E-state index is 0.203. The predicted molar refractivity (Wildman–Crippen MR) is 84.9 cm³/mol. The Hall–Kier alpha value is -0.780. The van der Waals surface area contributed by atoms with Crippen LogP contribution in [-0.4, -0.2) is 56.0 Å². The van der Waals surface area contributed by atoms with Crippen molar-refractivity contribution in [3.8, 4) is 0 Å². The van der Waals surface area contributed by atoms with Crippen LogP contribution in [0.15, 0.2) is 4.99 Å². The molecule has 0 saturated carbocycles. The highest BCUT2D eigenvalue weighted by Gasteiger charge is 2.40. The van der Waals surface area contributed by atoms with Gasteiger partial charge in [0.25, 0.3) is 0 Å². The molecule has 0 amide bonds. The lowest BCUT2D eigenvalue weighted by Gasteiger charge is -2.39. The minimum atomic E-state index is -3.00. The maximum atomic E-state index is 12.0. The third-order valence-electron chi connectivity index (χ3n) is 3.65. The number of hydrogen-bond donors (Lipinski definition) is 1. The SMILES string of the molecule is CCNC(=NCCC(C)C)N1CCS(=O)(=O)C(C)(C)C1. The van der Waals surface area contributed by atoms with Gasteiger partial charge in [0.2, 0.25) is 0 Å². The lowest BCUT2D eigenvalue weighted by Crippen LogP contribution is -2.57. The van der Waals surface area contributed by atoms with Crippen LogP contribution in [0, 0.1) is 5.92 Å². The summed E-state index contributed by atoms with van der Waals surface area (Å²) in [5.41, 5.74) is 0. The van der Waals surface area contributed by atoms with Gasteiger partial charge in [-0.2, -0.15) is 0 Å². The molecule has 1 aliphatic heterocycles. The Balaban J connectivity index is 2.78. The molecule has 0 spiro atoms. The van der Waals surface area contributed by atoms with Gasteiger partial charge in [-0.25, -0.2) is 8.42 Å². The zero-order valence-electron chi connectivity index (χ0n) is 13.4. The molecule has 0 bridgehead atoms. The third kappa shape index (κ3) is 4.36. The summed E-state index contributed by atoms with van der Waals surface area (Å²) >= 11 is 0. The van der Waals surface area contributed by atoms with Crippen LogP contribution in [0.3, 0.4) is 0 Å². The maximum absolute atomic E-state index is 12.0. The molecule has 0 aromatic carbocycles. The number of guanidine groups is 1. The molecule has 0 aromatic heterocycles. The molecule has 1 rings (SSSR count). The van der Waals surface area contributed by atoms with E-state index >= 15 is 0 Å². The molecule has 0 unspecified atom stereocenters. The van der Waals surface area contributed by atoms with E-state index in [1.54, 1.807) is 13.8 Å².